The lowest BCUT2D eigenvalue weighted by Gasteiger charge is -2.10. The first-order valence-electron chi connectivity index (χ1n) is 3.71. The van der Waals surface area contributed by atoms with Gasteiger partial charge in [-0.3, -0.25) is 9.59 Å². The predicted molar refractivity (Wildman–Crippen MR) is 42.5 cm³/mol. The molecule has 0 aromatic carbocycles. The molecule has 0 spiro atoms. The Labute approximate surface area is 74.5 Å². The van der Waals surface area contributed by atoms with E-state index in [2.05, 4.69) is 14.9 Å². The first-order valence-corrected chi connectivity index (χ1v) is 4.11. The van der Waals surface area contributed by atoms with Gasteiger partial charge in [0, 0.05) is 0 Å². The van der Waals surface area contributed by atoms with Gasteiger partial charge >= 0.3 is 16.5 Å². The van der Waals surface area contributed by atoms with Crippen LogP contribution in [0.25, 0.3) is 0 Å². The second kappa shape index (κ2) is 5.76. The summed E-state index contributed by atoms with van der Waals surface area (Å²) in [7, 11) is 2.58. The van der Waals surface area contributed by atoms with Crippen LogP contribution in [0.3, 0.4) is 0 Å². The average Bonchev–Trinajstić information content (AvgIpc) is 2.01. The van der Waals surface area contributed by atoms with Crippen LogP contribution in [-0.4, -0.2) is 27.5 Å². The SMILES string of the molecule is CCCC(CC(=O)O)C(=O)O[Si]. The molecule has 1 atom stereocenters. The summed E-state index contributed by atoms with van der Waals surface area (Å²) < 4.78 is 4.27. The standard InChI is InChI=1S/C7H11O4Si/c1-2-3-5(4-6(8)9)7(10)11-12/h5H,2-4H2,1H3,(H,8,9). The number of carboxylic acid groups (broad SMARTS) is 1. The van der Waals surface area contributed by atoms with Gasteiger partial charge in [0.2, 0.25) is 0 Å². The van der Waals surface area contributed by atoms with E-state index in [1.165, 1.54) is 0 Å². The smallest absolute Gasteiger partial charge is 0.345 e. The number of carbonyl (C=O) groups excluding carboxylic acids is 1. The zero-order chi connectivity index (χ0) is 9.56. The first kappa shape index (κ1) is 11.2. The van der Waals surface area contributed by atoms with E-state index in [9.17, 15) is 9.59 Å². The lowest BCUT2D eigenvalue weighted by atomic mass is 10.0. The van der Waals surface area contributed by atoms with Crippen LogP contribution < -0.4 is 0 Å². The molecule has 0 aliphatic rings. The van der Waals surface area contributed by atoms with Crippen molar-refractivity contribution in [1.29, 1.82) is 0 Å². The van der Waals surface area contributed by atoms with Crippen molar-refractivity contribution in [2.24, 2.45) is 5.92 Å². The van der Waals surface area contributed by atoms with E-state index in [-0.39, 0.29) is 6.42 Å². The van der Waals surface area contributed by atoms with Gasteiger partial charge in [0.15, 0.2) is 0 Å². The maximum atomic E-state index is 10.9. The maximum absolute atomic E-state index is 10.9. The fourth-order valence-electron chi connectivity index (χ4n) is 0.946. The molecule has 4 nitrogen and oxygen atoms in total. The van der Waals surface area contributed by atoms with E-state index >= 15 is 0 Å². The Bertz CT molecular complexity index is 169. The average molecular weight is 187 g/mol. The highest BCUT2D eigenvalue weighted by Crippen LogP contribution is 2.12. The summed E-state index contributed by atoms with van der Waals surface area (Å²) in [4.78, 5) is 21.2. The van der Waals surface area contributed by atoms with Gasteiger partial charge in [-0.05, 0) is 6.42 Å². The third-order valence-electron chi connectivity index (χ3n) is 1.49. The van der Waals surface area contributed by atoms with E-state index in [4.69, 9.17) is 5.11 Å². The lowest BCUT2D eigenvalue weighted by molar-refractivity contribution is -0.146. The van der Waals surface area contributed by atoms with Gasteiger partial charge < -0.3 is 9.53 Å². The number of carbonyl (C=O) groups is 2. The van der Waals surface area contributed by atoms with E-state index in [1.807, 2.05) is 6.92 Å². The molecule has 0 saturated heterocycles. The molecule has 0 bridgehead atoms. The Kier molecular flexibility index (Phi) is 5.36. The van der Waals surface area contributed by atoms with Crippen molar-refractivity contribution in [2.45, 2.75) is 26.2 Å². The van der Waals surface area contributed by atoms with Gasteiger partial charge in [0.05, 0.1) is 12.3 Å². The molecule has 0 heterocycles. The summed E-state index contributed by atoms with van der Waals surface area (Å²) >= 11 is 0. The van der Waals surface area contributed by atoms with Crippen LogP contribution in [0, 0.1) is 5.92 Å². The van der Waals surface area contributed by atoms with Gasteiger partial charge in [0.25, 0.3) is 5.97 Å². The summed E-state index contributed by atoms with van der Waals surface area (Å²) in [5, 5.41) is 8.43. The summed E-state index contributed by atoms with van der Waals surface area (Å²) in [5.74, 6) is -2.04. The molecule has 1 N–H and O–H groups in total. The minimum Gasteiger partial charge on any atom is -0.516 e. The normalized spacial score (nSPS) is 12.2. The third kappa shape index (κ3) is 4.12. The van der Waals surface area contributed by atoms with E-state index < -0.39 is 17.9 Å². The van der Waals surface area contributed by atoms with Crippen LogP contribution in [0.4, 0.5) is 0 Å². The fraction of sp³-hybridized carbons (Fsp3) is 0.714. The molecule has 0 fully saturated rings. The molecule has 0 aliphatic carbocycles. The number of rotatable bonds is 5. The van der Waals surface area contributed by atoms with Crippen molar-refractivity contribution in [1.82, 2.24) is 0 Å². The molecule has 3 radical (unpaired) electrons. The molecule has 5 heteroatoms. The van der Waals surface area contributed by atoms with Gasteiger partial charge in [-0.15, -0.1) is 0 Å². The molecule has 0 amide bonds. The van der Waals surface area contributed by atoms with Crippen molar-refractivity contribution >= 4 is 22.4 Å². The lowest BCUT2D eigenvalue weighted by Crippen LogP contribution is -2.19. The summed E-state index contributed by atoms with van der Waals surface area (Å²) in [6.45, 7) is 1.88. The monoisotopic (exact) mass is 187 g/mol. The van der Waals surface area contributed by atoms with Gasteiger partial charge in [-0.2, -0.15) is 0 Å². The molecule has 0 rings (SSSR count). The van der Waals surface area contributed by atoms with E-state index in [0.717, 1.165) is 6.42 Å². The molecule has 12 heavy (non-hydrogen) atoms. The van der Waals surface area contributed by atoms with Gasteiger partial charge in [-0.25, -0.2) is 0 Å². The van der Waals surface area contributed by atoms with Crippen LogP contribution in [0.5, 0.6) is 0 Å². The Morgan fingerprint density at radius 1 is 1.58 bits per heavy atom. The molecular formula is C7H11O4Si. The molecule has 0 aliphatic heterocycles. The molecule has 67 valence electrons. The van der Waals surface area contributed by atoms with Gasteiger partial charge in [-0.1, -0.05) is 13.3 Å². The van der Waals surface area contributed by atoms with Crippen molar-refractivity contribution < 1.29 is 19.1 Å². The second-order valence-corrected chi connectivity index (χ2v) is 2.71. The van der Waals surface area contributed by atoms with Crippen LogP contribution in [-0.2, 0) is 14.0 Å². The molecular weight excluding hydrogens is 176 g/mol. The molecule has 0 aromatic rings. The second-order valence-electron chi connectivity index (χ2n) is 2.50. The maximum Gasteiger partial charge on any atom is 0.345 e. The van der Waals surface area contributed by atoms with Crippen LogP contribution >= 0.6 is 0 Å². The quantitative estimate of drug-likeness (QED) is 0.637. The largest absolute Gasteiger partial charge is 0.516 e. The van der Waals surface area contributed by atoms with Crippen molar-refractivity contribution in [3.8, 4) is 0 Å². The number of hydrogen-bond donors (Lipinski definition) is 1. The van der Waals surface area contributed by atoms with Crippen LogP contribution in [0.15, 0.2) is 0 Å². The Balaban J connectivity index is 4.02. The Hall–Kier alpha value is -0.843. The minimum absolute atomic E-state index is 0.169. The highest BCUT2D eigenvalue weighted by atomic mass is 28.2. The summed E-state index contributed by atoms with van der Waals surface area (Å²) in [6, 6.07) is 0. The van der Waals surface area contributed by atoms with Gasteiger partial charge in [0.1, 0.15) is 0 Å². The zero-order valence-electron chi connectivity index (χ0n) is 6.87. The molecule has 0 aromatic heterocycles. The highest BCUT2D eigenvalue weighted by Gasteiger charge is 2.20. The number of carboxylic acids is 1. The number of aliphatic carboxylic acids is 1. The Morgan fingerprint density at radius 3 is 2.50 bits per heavy atom. The topological polar surface area (TPSA) is 63.6 Å². The summed E-state index contributed by atoms with van der Waals surface area (Å²) in [5.41, 5.74) is 0. The van der Waals surface area contributed by atoms with E-state index in [1.54, 1.807) is 0 Å². The van der Waals surface area contributed by atoms with Crippen LogP contribution in [0.2, 0.25) is 0 Å². The van der Waals surface area contributed by atoms with E-state index in [0.29, 0.717) is 6.42 Å². The summed E-state index contributed by atoms with van der Waals surface area (Å²) in [6.07, 6.45) is 1.13. The third-order valence-corrected chi connectivity index (χ3v) is 1.69. The zero-order valence-corrected chi connectivity index (χ0v) is 7.87. The highest BCUT2D eigenvalue weighted by molar-refractivity contribution is 6.06. The van der Waals surface area contributed by atoms with Crippen molar-refractivity contribution in [3.05, 3.63) is 0 Å². The molecule has 1 unspecified atom stereocenters. The predicted octanol–water partition coefficient (Wildman–Crippen LogP) is 0.504. The molecule has 0 saturated carbocycles. The fourth-order valence-corrected chi connectivity index (χ4v) is 1.11. The first-order chi connectivity index (χ1) is 5.61. The number of hydrogen-bond acceptors (Lipinski definition) is 3. The minimum atomic E-state index is -0.981. The Morgan fingerprint density at radius 2 is 2.17 bits per heavy atom. The van der Waals surface area contributed by atoms with Crippen molar-refractivity contribution in [3.63, 3.8) is 0 Å². The van der Waals surface area contributed by atoms with Crippen LogP contribution in [0.1, 0.15) is 26.2 Å². The van der Waals surface area contributed by atoms with Crippen molar-refractivity contribution in [2.75, 3.05) is 0 Å².